The van der Waals surface area contributed by atoms with Gasteiger partial charge >= 0.3 is 24.3 Å². The number of furan rings is 1. The Bertz CT molecular complexity index is 1290. The number of alkyl halides is 6. The number of carbonyl (C=O) groups is 3. The number of likely N-dealkylation sites (tertiary alicyclic amines) is 1. The molecular weight excluding hydrogens is 612 g/mol. The molecule has 15 heteroatoms. The topological polar surface area (TPSA) is 115 Å². The molecule has 2 N–H and O–H groups in total. The summed E-state index contributed by atoms with van der Waals surface area (Å²) in [4.78, 5) is 37.8. The average molecular weight is 650 g/mol. The Kier molecular flexibility index (Phi) is 11.7. The van der Waals surface area contributed by atoms with E-state index < -0.39 is 24.3 Å². The highest BCUT2D eigenvalue weighted by molar-refractivity contribution is 5.77. The van der Waals surface area contributed by atoms with Crippen LogP contribution in [0.25, 0.3) is 0 Å². The number of benzene rings is 1. The van der Waals surface area contributed by atoms with Gasteiger partial charge in [0.25, 0.3) is 0 Å². The fraction of sp³-hybridized carbons (Fsp3) is 0.567. The number of fused-ring (bicyclic) bond motifs is 2. The van der Waals surface area contributed by atoms with Crippen molar-refractivity contribution in [2.75, 3.05) is 46.3 Å². The van der Waals surface area contributed by atoms with Crippen LogP contribution in [0, 0.1) is 6.92 Å². The number of carboxylic acid groups (broad SMARTS) is 2. The summed E-state index contributed by atoms with van der Waals surface area (Å²) in [5, 5.41) is 14.2. The van der Waals surface area contributed by atoms with Crippen molar-refractivity contribution in [3.63, 3.8) is 0 Å². The molecular formula is C30H37F6N3O6. The summed E-state index contributed by atoms with van der Waals surface area (Å²) in [7, 11) is 2.14. The molecule has 2 aromatic rings. The van der Waals surface area contributed by atoms with E-state index in [-0.39, 0.29) is 5.41 Å². The van der Waals surface area contributed by atoms with Crippen LogP contribution in [0.5, 0.6) is 0 Å². The molecule has 1 spiro atoms. The van der Waals surface area contributed by atoms with Crippen molar-refractivity contribution in [1.82, 2.24) is 14.7 Å². The van der Waals surface area contributed by atoms with Gasteiger partial charge in [0.15, 0.2) is 0 Å². The Morgan fingerprint density at radius 1 is 0.867 bits per heavy atom. The maximum absolute atomic E-state index is 13.1. The van der Waals surface area contributed by atoms with E-state index in [0.29, 0.717) is 18.2 Å². The van der Waals surface area contributed by atoms with Gasteiger partial charge in [0.1, 0.15) is 11.5 Å². The number of carboxylic acids is 2. The van der Waals surface area contributed by atoms with Gasteiger partial charge in [-0.15, -0.1) is 0 Å². The third-order valence-electron chi connectivity index (χ3n) is 8.36. The number of carbonyl (C=O) groups excluding carboxylic acids is 1. The minimum Gasteiger partial charge on any atom is -0.475 e. The van der Waals surface area contributed by atoms with E-state index in [1.165, 1.54) is 24.0 Å². The summed E-state index contributed by atoms with van der Waals surface area (Å²) >= 11 is 0. The number of nitrogens with zero attached hydrogens (tertiary/aromatic N) is 3. The third-order valence-corrected chi connectivity index (χ3v) is 8.36. The lowest BCUT2D eigenvalue weighted by atomic mass is 9.73. The number of hydrogen-bond acceptors (Lipinski definition) is 6. The molecule has 5 rings (SSSR count). The van der Waals surface area contributed by atoms with Crippen LogP contribution in [0.1, 0.15) is 54.2 Å². The zero-order valence-electron chi connectivity index (χ0n) is 25.0. The van der Waals surface area contributed by atoms with Gasteiger partial charge in [-0.05, 0) is 80.9 Å². The molecule has 3 heterocycles. The van der Waals surface area contributed by atoms with Gasteiger partial charge in [-0.2, -0.15) is 26.3 Å². The number of aliphatic carboxylic acids is 2. The van der Waals surface area contributed by atoms with E-state index in [1.807, 2.05) is 6.92 Å². The van der Waals surface area contributed by atoms with Gasteiger partial charge in [-0.3, -0.25) is 9.69 Å². The lowest BCUT2D eigenvalue weighted by Crippen LogP contribution is -2.47. The summed E-state index contributed by atoms with van der Waals surface area (Å²) < 4.78 is 69.3. The molecule has 2 saturated heterocycles. The maximum Gasteiger partial charge on any atom is 0.490 e. The first-order valence-electron chi connectivity index (χ1n) is 14.3. The quantitative estimate of drug-likeness (QED) is 0.443. The van der Waals surface area contributed by atoms with Gasteiger partial charge in [-0.1, -0.05) is 24.3 Å². The van der Waals surface area contributed by atoms with E-state index >= 15 is 0 Å². The molecule has 0 bridgehead atoms. The minimum absolute atomic E-state index is 0.235. The molecule has 3 aliphatic rings. The fourth-order valence-electron chi connectivity index (χ4n) is 6.01. The summed E-state index contributed by atoms with van der Waals surface area (Å²) in [6.07, 6.45) is -6.04. The molecule has 1 amide bonds. The van der Waals surface area contributed by atoms with Crippen molar-refractivity contribution in [3.8, 4) is 0 Å². The zero-order valence-corrected chi connectivity index (χ0v) is 25.0. The Labute approximate surface area is 256 Å². The third kappa shape index (κ3) is 9.95. The molecule has 1 aromatic heterocycles. The molecule has 0 radical (unpaired) electrons. The molecule has 1 aromatic carbocycles. The molecule has 1 unspecified atom stereocenters. The normalized spacial score (nSPS) is 20.0. The smallest absolute Gasteiger partial charge is 0.475 e. The largest absolute Gasteiger partial charge is 0.490 e. The summed E-state index contributed by atoms with van der Waals surface area (Å²) in [5.41, 5.74) is 3.18. The summed E-state index contributed by atoms with van der Waals surface area (Å²) in [6.45, 7) is 8.81. The van der Waals surface area contributed by atoms with Gasteiger partial charge in [0, 0.05) is 32.6 Å². The molecule has 1 aliphatic carbocycles. The van der Waals surface area contributed by atoms with Crippen LogP contribution in [0.4, 0.5) is 26.3 Å². The number of hydrogen-bond donors (Lipinski definition) is 2. The van der Waals surface area contributed by atoms with Crippen molar-refractivity contribution in [2.45, 2.75) is 62.8 Å². The highest BCUT2D eigenvalue weighted by atomic mass is 19.4. The second-order valence-corrected chi connectivity index (χ2v) is 11.6. The van der Waals surface area contributed by atoms with Crippen LogP contribution in [0.15, 0.2) is 40.8 Å². The molecule has 250 valence electrons. The fourth-order valence-corrected chi connectivity index (χ4v) is 6.01. The van der Waals surface area contributed by atoms with Crippen LogP contribution >= 0.6 is 0 Å². The minimum atomic E-state index is -5.08. The lowest BCUT2D eigenvalue weighted by molar-refractivity contribution is -0.193. The number of halogens is 6. The lowest BCUT2D eigenvalue weighted by Gasteiger charge is -2.40. The van der Waals surface area contributed by atoms with Gasteiger partial charge < -0.3 is 24.4 Å². The highest BCUT2D eigenvalue weighted by Crippen LogP contribution is 2.52. The van der Waals surface area contributed by atoms with Crippen LogP contribution in [-0.4, -0.2) is 101 Å². The van der Waals surface area contributed by atoms with Crippen molar-refractivity contribution < 1.29 is 55.4 Å². The number of amides is 1. The number of aryl methyl sites for hydroxylation is 1. The molecule has 2 fully saturated rings. The van der Waals surface area contributed by atoms with Gasteiger partial charge in [0.2, 0.25) is 5.91 Å². The molecule has 45 heavy (non-hydrogen) atoms. The predicted octanol–water partition coefficient (Wildman–Crippen LogP) is 5.04. The predicted molar refractivity (Wildman–Crippen MR) is 150 cm³/mol. The number of rotatable bonds is 4. The second-order valence-electron chi connectivity index (χ2n) is 11.6. The zero-order chi connectivity index (χ0) is 33.6. The first-order valence-corrected chi connectivity index (χ1v) is 14.3. The molecule has 2 aliphatic heterocycles. The van der Waals surface area contributed by atoms with Crippen LogP contribution in [-0.2, 0) is 26.3 Å². The van der Waals surface area contributed by atoms with Crippen LogP contribution in [0.3, 0.4) is 0 Å². The number of piperazine rings is 1. The number of likely N-dealkylation sites (N-methyl/N-ethyl adjacent to an activating group) is 1. The van der Waals surface area contributed by atoms with E-state index in [4.69, 9.17) is 24.2 Å². The summed E-state index contributed by atoms with van der Waals surface area (Å²) in [5.74, 6) is -2.75. The molecule has 0 saturated carbocycles. The SMILES string of the molecule is Cc1ccc(CN2CCC3(CC2)CC(CC(=O)N2CCN(C)CC2)c2ccccc23)o1.O=C(O)C(F)(F)F.O=C(O)C(F)(F)F. The average Bonchev–Trinajstić information content (AvgIpc) is 3.50. The Balaban J connectivity index is 0.000000331. The van der Waals surface area contributed by atoms with Crippen molar-refractivity contribution in [2.24, 2.45) is 0 Å². The van der Waals surface area contributed by atoms with Crippen molar-refractivity contribution in [1.29, 1.82) is 0 Å². The van der Waals surface area contributed by atoms with E-state index in [0.717, 1.165) is 63.8 Å². The Morgan fingerprint density at radius 3 is 1.89 bits per heavy atom. The molecule has 9 nitrogen and oxygen atoms in total. The monoisotopic (exact) mass is 649 g/mol. The van der Waals surface area contributed by atoms with E-state index in [1.54, 1.807) is 0 Å². The highest BCUT2D eigenvalue weighted by Gasteiger charge is 2.46. The van der Waals surface area contributed by atoms with E-state index in [2.05, 4.69) is 58.1 Å². The standard InChI is InChI=1S/C26H35N3O2.2C2HF3O2/c1-20-7-8-22(31-20)19-28-11-9-26(10-12-28)18-21(23-5-3-4-6-24(23)26)17-25(30)29-15-13-27(2)14-16-29;2*3-2(4,5)1(6)7/h3-8,21H,9-19H2,1-2H3;2*(H,6,7). The maximum atomic E-state index is 13.1. The number of piperidine rings is 1. The van der Waals surface area contributed by atoms with Gasteiger partial charge in [-0.25, -0.2) is 9.59 Å². The molecule has 1 atom stereocenters. The second kappa shape index (κ2) is 14.7. The Morgan fingerprint density at radius 2 is 1.40 bits per heavy atom. The van der Waals surface area contributed by atoms with Crippen LogP contribution in [0.2, 0.25) is 0 Å². The Hall–Kier alpha value is -3.59. The van der Waals surface area contributed by atoms with Gasteiger partial charge in [0.05, 0.1) is 6.54 Å². The first kappa shape index (κ1) is 35.9. The van der Waals surface area contributed by atoms with Crippen molar-refractivity contribution >= 4 is 17.8 Å². The first-order chi connectivity index (χ1) is 20.9. The van der Waals surface area contributed by atoms with Crippen molar-refractivity contribution in [3.05, 3.63) is 59.0 Å². The summed E-state index contributed by atoms with van der Waals surface area (Å²) in [6, 6.07) is 13.1. The van der Waals surface area contributed by atoms with Crippen LogP contribution < -0.4 is 0 Å². The van der Waals surface area contributed by atoms with E-state index in [9.17, 15) is 31.1 Å².